The number of ether oxygens (including phenoxy) is 2. The maximum absolute atomic E-state index is 12.5. The van der Waals surface area contributed by atoms with Gasteiger partial charge in [-0.25, -0.2) is 0 Å². The van der Waals surface area contributed by atoms with Crippen molar-refractivity contribution in [2.75, 3.05) is 19.8 Å². The average molecular weight is 255 g/mol. The number of rotatable bonds is 1. The summed E-state index contributed by atoms with van der Waals surface area (Å²) in [5.41, 5.74) is -0.253. The largest absolute Gasteiger partial charge is 0.376 e. The lowest BCUT2D eigenvalue weighted by Gasteiger charge is -2.45. The van der Waals surface area contributed by atoms with Crippen LogP contribution in [0, 0.1) is 5.41 Å². The molecule has 0 unspecified atom stereocenters. The molecule has 0 saturated carbocycles. The lowest BCUT2D eigenvalue weighted by atomic mass is 9.90. The molecule has 2 fully saturated rings. The van der Waals surface area contributed by atoms with Crippen molar-refractivity contribution in [3.8, 4) is 0 Å². The van der Waals surface area contributed by atoms with E-state index in [0.717, 1.165) is 0 Å². The summed E-state index contributed by atoms with van der Waals surface area (Å²) in [5.74, 6) is 0.222. The molecule has 2 atom stereocenters. The first-order valence-corrected chi connectivity index (χ1v) is 6.73. The van der Waals surface area contributed by atoms with E-state index in [1.807, 2.05) is 18.7 Å². The first-order valence-electron chi connectivity index (χ1n) is 6.73. The van der Waals surface area contributed by atoms with Crippen LogP contribution in [0.4, 0.5) is 0 Å². The minimum Gasteiger partial charge on any atom is -0.376 e. The number of carbonyl (C=O) groups is 1. The SMILES string of the molecule is CC(C)(C)CC(=O)N1CC(C)(C)O[C@@H]2COC[C@H]21. The molecule has 4 nitrogen and oxygen atoms in total. The first kappa shape index (κ1) is 13.8. The fourth-order valence-electron chi connectivity index (χ4n) is 2.73. The van der Waals surface area contributed by atoms with E-state index >= 15 is 0 Å². The molecule has 0 N–H and O–H groups in total. The van der Waals surface area contributed by atoms with E-state index in [0.29, 0.717) is 26.2 Å². The molecule has 104 valence electrons. The highest BCUT2D eigenvalue weighted by atomic mass is 16.6. The highest BCUT2D eigenvalue weighted by Crippen LogP contribution is 2.31. The van der Waals surface area contributed by atoms with E-state index in [4.69, 9.17) is 9.47 Å². The van der Waals surface area contributed by atoms with Gasteiger partial charge in [0.2, 0.25) is 5.91 Å². The van der Waals surface area contributed by atoms with Crippen LogP contribution >= 0.6 is 0 Å². The van der Waals surface area contributed by atoms with Crippen molar-refractivity contribution in [2.24, 2.45) is 5.41 Å². The quantitative estimate of drug-likeness (QED) is 0.717. The standard InChI is InChI=1S/C14H25NO3/c1-13(2,3)6-12(16)15-9-14(4,5)18-11-8-17-7-10(11)15/h10-11H,6-9H2,1-5H3/t10-,11-/m1/s1. The topological polar surface area (TPSA) is 38.8 Å². The van der Waals surface area contributed by atoms with Crippen LogP contribution in [0.25, 0.3) is 0 Å². The molecular formula is C14H25NO3. The zero-order chi connectivity index (χ0) is 13.6. The van der Waals surface area contributed by atoms with Crippen LogP contribution in [0.2, 0.25) is 0 Å². The summed E-state index contributed by atoms with van der Waals surface area (Å²) in [6.07, 6.45) is 0.615. The van der Waals surface area contributed by atoms with Crippen LogP contribution in [-0.2, 0) is 14.3 Å². The monoisotopic (exact) mass is 255 g/mol. The van der Waals surface area contributed by atoms with Crippen molar-refractivity contribution in [3.63, 3.8) is 0 Å². The fourth-order valence-corrected chi connectivity index (χ4v) is 2.73. The van der Waals surface area contributed by atoms with E-state index in [2.05, 4.69) is 20.8 Å². The number of nitrogens with zero attached hydrogens (tertiary/aromatic N) is 1. The van der Waals surface area contributed by atoms with Gasteiger partial charge < -0.3 is 14.4 Å². The van der Waals surface area contributed by atoms with Gasteiger partial charge in [0.15, 0.2) is 0 Å². The molecule has 18 heavy (non-hydrogen) atoms. The van der Waals surface area contributed by atoms with E-state index in [-0.39, 0.29) is 29.1 Å². The zero-order valence-corrected chi connectivity index (χ0v) is 12.2. The summed E-state index contributed by atoms with van der Waals surface area (Å²) in [5, 5.41) is 0. The molecular weight excluding hydrogens is 230 g/mol. The Hall–Kier alpha value is -0.610. The molecule has 4 heteroatoms. The van der Waals surface area contributed by atoms with Gasteiger partial charge in [0.1, 0.15) is 6.10 Å². The van der Waals surface area contributed by atoms with Gasteiger partial charge in [0, 0.05) is 13.0 Å². The maximum atomic E-state index is 12.5. The molecule has 2 rings (SSSR count). The van der Waals surface area contributed by atoms with Gasteiger partial charge in [-0.05, 0) is 19.3 Å². The van der Waals surface area contributed by atoms with Gasteiger partial charge in [-0.15, -0.1) is 0 Å². The van der Waals surface area contributed by atoms with Crippen molar-refractivity contribution >= 4 is 5.91 Å². The second kappa shape index (κ2) is 4.49. The summed E-state index contributed by atoms with van der Waals surface area (Å²) in [6.45, 7) is 12.2. The summed E-state index contributed by atoms with van der Waals surface area (Å²) >= 11 is 0. The van der Waals surface area contributed by atoms with Crippen molar-refractivity contribution in [3.05, 3.63) is 0 Å². The molecule has 2 aliphatic heterocycles. The van der Waals surface area contributed by atoms with Crippen LogP contribution in [0.3, 0.4) is 0 Å². The van der Waals surface area contributed by atoms with Gasteiger partial charge in [0.05, 0.1) is 24.9 Å². The summed E-state index contributed by atoms with van der Waals surface area (Å²) < 4.78 is 11.5. The molecule has 2 saturated heterocycles. The summed E-state index contributed by atoms with van der Waals surface area (Å²) in [6, 6.07) is 0.105. The number of carbonyl (C=O) groups excluding carboxylic acids is 1. The van der Waals surface area contributed by atoms with Gasteiger partial charge in [-0.1, -0.05) is 20.8 Å². The minimum absolute atomic E-state index is 0.0223. The zero-order valence-electron chi connectivity index (χ0n) is 12.2. The van der Waals surface area contributed by atoms with Crippen LogP contribution in [0.5, 0.6) is 0 Å². The Balaban J connectivity index is 2.12. The number of morpholine rings is 1. The fraction of sp³-hybridized carbons (Fsp3) is 0.929. The Labute approximate surface area is 110 Å². The second-order valence-corrected chi connectivity index (χ2v) is 7.28. The molecule has 0 aromatic rings. The molecule has 0 radical (unpaired) electrons. The molecule has 2 heterocycles. The Kier molecular flexibility index (Phi) is 3.45. The summed E-state index contributed by atoms with van der Waals surface area (Å²) in [7, 11) is 0. The Morgan fingerprint density at radius 1 is 1.33 bits per heavy atom. The van der Waals surface area contributed by atoms with E-state index in [1.54, 1.807) is 0 Å². The third kappa shape index (κ3) is 3.04. The number of hydrogen-bond donors (Lipinski definition) is 0. The third-order valence-corrected chi connectivity index (χ3v) is 3.42. The van der Waals surface area contributed by atoms with Gasteiger partial charge >= 0.3 is 0 Å². The van der Waals surface area contributed by atoms with Gasteiger partial charge in [-0.3, -0.25) is 4.79 Å². The highest BCUT2D eigenvalue weighted by molar-refractivity contribution is 5.77. The lowest BCUT2D eigenvalue weighted by molar-refractivity contribution is -0.170. The van der Waals surface area contributed by atoms with Crippen molar-refractivity contribution in [1.82, 2.24) is 4.90 Å². The highest BCUT2D eigenvalue weighted by Gasteiger charge is 2.46. The third-order valence-electron chi connectivity index (χ3n) is 3.42. The van der Waals surface area contributed by atoms with Crippen LogP contribution in [0.1, 0.15) is 41.0 Å². The Morgan fingerprint density at radius 2 is 2.00 bits per heavy atom. The Morgan fingerprint density at radius 3 is 2.61 bits per heavy atom. The normalized spacial score (nSPS) is 31.3. The van der Waals surface area contributed by atoms with Gasteiger partial charge in [0.25, 0.3) is 0 Å². The van der Waals surface area contributed by atoms with Crippen LogP contribution < -0.4 is 0 Å². The molecule has 0 bridgehead atoms. The minimum atomic E-state index is -0.275. The lowest BCUT2D eigenvalue weighted by Crippen LogP contribution is -2.60. The van der Waals surface area contributed by atoms with E-state index in [1.165, 1.54) is 0 Å². The van der Waals surface area contributed by atoms with Gasteiger partial charge in [-0.2, -0.15) is 0 Å². The molecule has 0 aromatic heterocycles. The van der Waals surface area contributed by atoms with E-state index in [9.17, 15) is 4.79 Å². The first-order chi connectivity index (χ1) is 8.18. The molecule has 1 amide bonds. The van der Waals surface area contributed by atoms with Crippen LogP contribution in [0.15, 0.2) is 0 Å². The summed E-state index contributed by atoms with van der Waals surface area (Å²) in [4.78, 5) is 14.4. The predicted molar refractivity (Wildman–Crippen MR) is 69.3 cm³/mol. The van der Waals surface area contributed by atoms with E-state index < -0.39 is 0 Å². The number of hydrogen-bond acceptors (Lipinski definition) is 3. The van der Waals surface area contributed by atoms with Crippen LogP contribution in [-0.4, -0.2) is 48.3 Å². The van der Waals surface area contributed by atoms with Crippen molar-refractivity contribution < 1.29 is 14.3 Å². The Bertz CT molecular complexity index is 332. The van der Waals surface area contributed by atoms with Crippen molar-refractivity contribution in [2.45, 2.75) is 58.8 Å². The predicted octanol–water partition coefficient (Wildman–Crippen LogP) is 1.83. The molecule has 0 aromatic carbocycles. The number of fused-ring (bicyclic) bond motifs is 1. The second-order valence-electron chi connectivity index (χ2n) is 7.28. The maximum Gasteiger partial charge on any atom is 0.223 e. The smallest absolute Gasteiger partial charge is 0.223 e. The average Bonchev–Trinajstić information content (AvgIpc) is 2.59. The molecule has 0 spiro atoms. The molecule has 2 aliphatic rings. The number of amides is 1. The van der Waals surface area contributed by atoms with Crippen molar-refractivity contribution in [1.29, 1.82) is 0 Å². The molecule has 0 aliphatic carbocycles.